The molecule has 0 fully saturated rings. The molecule has 0 heterocycles. The number of carbonyl (C=O) groups is 2. The van der Waals surface area contributed by atoms with Crippen LogP contribution >= 0.6 is 0 Å². The van der Waals surface area contributed by atoms with Gasteiger partial charge in [0.25, 0.3) is 5.91 Å². The Morgan fingerprint density at radius 2 is 2.12 bits per heavy atom. The molecule has 0 saturated carbocycles. The number of carbonyl (C=O) groups excluding carboxylic acids is 1. The predicted molar refractivity (Wildman–Crippen MR) is 54.7 cm³/mol. The lowest BCUT2D eigenvalue weighted by Gasteiger charge is -2.08. The molecule has 3 N–H and O–H groups in total. The summed E-state index contributed by atoms with van der Waals surface area (Å²) in [5, 5.41) is 12.9. The number of halogens is 1. The summed E-state index contributed by atoms with van der Waals surface area (Å²) in [6.07, 6.45) is -1.20. The SMILES string of the molecule is CNC(=O)c1cc(F)ccc1CNC(=O)O. The van der Waals surface area contributed by atoms with Crippen molar-refractivity contribution in [2.45, 2.75) is 6.54 Å². The summed E-state index contributed by atoms with van der Waals surface area (Å²) < 4.78 is 12.9. The molecule has 16 heavy (non-hydrogen) atoms. The zero-order chi connectivity index (χ0) is 12.1. The minimum atomic E-state index is -1.20. The smallest absolute Gasteiger partial charge is 0.404 e. The third kappa shape index (κ3) is 2.94. The van der Waals surface area contributed by atoms with E-state index in [1.54, 1.807) is 0 Å². The molecule has 0 aromatic heterocycles. The molecule has 0 saturated heterocycles. The van der Waals surface area contributed by atoms with Crippen molar-refractivity contribution in [3.63, 3.8) is 0 Å². The molecule has 0 aliphatic heterocycles. The quantitative estimate of drug-likeness (QED) is 0.718. The third-order valence-electron chi connectivity index (χ3n) is 1.97. The van der Waals surface area contributed by atoms with E-state index in [0.29, 0.717) is 5.56 Å². The highest BCUT2D eigenvalue weighted by atomic mass is 19.1. The first-order valence-electron chi connectivity index (χ1n) is 4.52. The van der Waals surface area contributed by atoms with E-state index in [4.69, 9.17) is 5.11 Å². The van der Waals surface area contributed by atoms with Gasteiger partial charge in [0, 0.05) is 19.2 Å². The summed E-state index contributed by atoms with van der Waals surface area (Å²) in [5.41, 5.74) is 0.541. The second kappa shape index (κ2) is 5.11. The number of nitrogens with one attached hydrogen (secondary N) is 2. The Bertz CT molecular complexity index is 421. The fourth-order valence-electron chi connectivity index (χ4n) is 1.22. The third-order valence-corrected chi connectivity index (χ3v) is 1.97. The summed E-state index contributed by atoms with van der Waals surface area (Å²) >= 11 is 0. The lowest BCUT2D eigenvalue weighted by atomic mass is 10.1. The van der Waals surface area contributed by atoms with E-state index in [2.05, 4.69) is 10.6 Å². The van der Waals surface area contributed by atoms with Gasteiger partial charge in [-0.05, 0) is 17.7 Å². The summed E-state index contributed by atoms with van der Waals surface area (Å²) in [6, 6.07) is 3.61. The van der Waals surface area contributed by atoms with Crippen LogP contribution in [0.5, 0.6) is 0 Å². The van der Waals surface area contributed by atoms with Crippen LogP contribution in [0, 0.1) is 5.82 Å². The number of rotatable bonds is 3. The van der Waals surface area contributed by atoms with Gasteiger partial charge in [-0.2, -0.15) is 0 Å². The van der Waals surface area contributed by atoms with E-state index < -0.39 is 17.8 Å². The monoisotopic (exact) mass is 226 g/mol. The average Bonchev–Trinajstić information content (AvgIpc) is 2.26. The Morgan fingerprint density at radius 1 is 1.44 bits per heavy atom. The van der Waals surface area contributed by atoms with Crippen molar-refractivity contribution in [2.24, 2.45) is 0 Å². The second-order valence-corrected chi connectivity index (χ2v) is 3.04. The first-order chi connectivity index (χ1) is 7.54. The molecule has 86 valence electrons. The van der Waals surface area contributed by atoms with Crippen LogP contribution in [0.25, 0.3) is 0 Å². The minimum Gasteiger partial charge on any atom is -0.465 e. The number of carboxylic acid groups (broad SMARTS) is 1. The van der Waals surface area contributed by atoms with Crippen LogP contribution in [0.15, 0.2) is 18.2 Å². The van der Waals surface area contributed by atoms with Crippen LogP contribution < -0.4 is 10.6 Å². The van der Waals surface area contributed by atoms with Crippen molar-refractivity contribution in [3.8, 4) is 0 Å². The number of amides is 2. The standard InChI is InChI=1S/C10H11FN2O3/c1-12-9(14)8-4-7(11)3-2-6(8)5-13-10(15)16/h2-4,13H,5H2,1H3,(H,12,14)(H,15,16). The van der Waals surface area contributed by atoms with Gasteiger partial charge in [0.1, 0.15) is 5.82 Å². The lowest BCUT2D eigenvalue weighted by Crippen LogP contribution is -2.24. The van der Waals surface area contributed by atoms with Gasteiger partial charge in [0.05, 0.1) is 0 Å². The molecule has 0 aliphatic carbocycles. The van der Waals surface area contributed by atoms with Gasteiger partial charge in [-0.25, -0.2) is 9.18 Å². The molecule has 0 unspecified atom stereocenters. The molecule has 1 aromatic carbocycles. The fourth-order valence-corrected chi connectivity index (χ4v) is 1.22. The maximum absolute atomic E-state index is 12.9. The van der Waals surface area contributed by atoms with Gasteiger partial charge in [0.15, 0.2) is 0 Å². The van der Waals surface area contributed by atoms with Crippen molar-refractivity contribution in [2.75, 3.05) is 7.05 Å². The fraction of sp³-hybridized carbons (Fsp3) is 0.200. The molecule has 0 spiro atoms. The van der Waals surface area contributed by atoms with Crippen LogP contribution in [-0.4, -0.2) is 24.2 Å². The molecular weight excluding hydrogens is 215 g/mol. The maximum Gasteiger partial charge on any atom is 0.404 e. The Balaban J connectivity index is 2.98. The van der Waals surface area contributed by atoms with E-state index in [-0.39, 0.29) is 12.1 Å². The molecule has 5 nitrogen and oxygen atoms in total. The van der Waals surface area contributed by atoms with E-state index in [0.717, 1.165) is 6.07 Å². The summed E-state index contributed by atoms with van der Waals surface area (Å²) in [4.78, 5) is 21.7. The molecule has 6 heteroatoms. The molecule has 1 rings (SSSR count). The molecule has 0 radical (unpaired) electrons. The molecule has 1 aromatic rings. The molecular formula is C10H11FN2O3. The van der Waals surface area contributed by atoms with Gasteiger partial charge in [-0.15, -0.1) is 0 Å². The predicted octanol–water partition coefficient (Wildman–Crippen LogP) is 0.953. The van der Waals surface area contributed by atoms with Gasteiger partial charge < -0.3 is 15.7 Å². The van der Waals surface area contributed by atoms with Crippen LogP contribution in [0.3, 0.4) is 0 Å². The van der Waals surface area contributed by atoms with Crippen LogP contribution in [0.1, 0.15) is 15.9 Å². The second-order valence-electron chi connectivity index (χ2n) is 3.04. The first-order valence-corrected chi connectivity index (χ1v) is 4.52. The van der Waals surface area contributed by atoms with Gasteiger partial charge in [-0.1, -0.05) is 6.07 Å². The highest BCUT2D eigenvalue weighted by Crippen LogP contribution is 2.11. The summed E-state index contributed by atoms with van der Waals surface area (Å²) in [6.45, 7) is -0.0433. The summed E-state index contributed by atoms with van der Waals surface area (Å²) in [7, 11) is 1.42. The molecule has 2 amide bonds. The van der Waals surface area contributed by atoms with Gasteiger partial charge in [0.2, 0.25) is 0 Å². The van der Waals surface area contributed by atoms with E-state index in [1.807, 2.05) is 0 Å². The van der Waals surface area contributed by atoms with Crippen molar-refractivity contribution in [1.82, 2.24) is 10.6 Å². The van der Waals surface area contributed by atoms with Crippen LogP contribution in [0.2, 0.25) is 0 Å². The Hall–Kier alpha value is -2.11. The minimum absolute atomic E-state index is 0.0433. The maximum atomic E-state index is 12.9. The van der Waals surface area contributed by atoms with E-state index >= 15 is 0 Å². The highest BCUT2D eigenvalue weighted by molar-refractivity contribution is 5.95. The largest absolute Gasteiger partial charge is 0.465 e. The molecule has 0 bridgehead atoms. The van der Waals surface area contributed by atoms with E-state index in [1.165, 1.54) is 19.2 Å². The van der Waals surface area contributed by atoms with Crippen molar-refractivity contribution in [1.29, 1.82) is 0 Å². The lowest BCUT2D eigenvalue weighted by molar-refractivity contribution is 0.0961. The zero-order valence-electron chi connectivity index (χ0n) is 8.58. The van der Waals surface area contributed by atoms with E-state index in [9.17, 15) is 14.0 Å². The molecule has 0 aliphatic rings. The first kappa shape index (κ1) is 12.0. The normalized spacial score (nSPS) is 9.62. The summed E-state index contributed by atoms with van der Waals surface area (Å²) in [5.74, 6) is -1.00. The topological polar surface area (TPSA) is 78.4 Å². The van der Waals surface area contributed by atoms with Gasteiger partial charge >= 0.3 is 6.09 Å². The number of benzene rings is 1. The van der Waals surface area contributed by atoms with Crippen molar-refractivity contribution < 1.29 is 19.1 Å². The average molecular weight is 226 g/mol. The van der Waals surface area contributed by atoms with Gasteiger partial charge in [-0.3, -0.25) is 4.79 Å². The Kier molecular flexibility index (Phi) is 3.82. The Morgan fingerprint density at radius 3 is 2.69 bits per heavy atom. The van der Waals surface area contributed by atoms with Crippen LogP contribution in [0.4, 0.5) is 9.18 Å². The molecule has 0 atom stereocenters. The van der Waals surface area contributed by atoms with Crippen LogP contribution in [-0.2, 0) is 6.54 Å². The van der Waals surface area contributed by atoms with Crippen molar-refractivity contribution in [3.05, 3.63) is 35.1 Å². The highest BCUT2D eigenvalue weighted by Gasteiger charge is 2.11. The van der Waals surface area contributed by atoms with Crippen molar-refractivity contribution >= 4 is 12.0 Å². The number of hydrogen-bond donors (Lipinski definition) is 3. The number of hydrogen-bond acceptors (Lipinski definition) is 2. The zero-order valence-corrected chi connectivity index (χ0v) is 8.58. The Labute approximate surface area is 91.3 Å².